The maximum Gasteiger partial charge on any atom is 0.0869 e. The highest BCUT2D eigenvalue weighted by Gasteiger charge is 2.03. The van der Waals surface area contributed by atoms with Crippen LogP contribution >= 0.6 is 11.3 Å². The van der Waals surface area contributed by atoms with E-state index in [9.17, 15) is 0 Å². The SMILES string of the molecule is Nc1ccc2ccc3sc(N)cc3c2c1. The van der Waals surface area contributed by atoms with Crippen LogP contribution in [-0.4, -0.2) is 0 Å². The molecule has 0 saturated carbocycles. The zero-order valence-electron chi connectivity index (χ0n) is 8.03. The molecule has 15 heavy (non-hydrogen) atoms. The van der Waals surface area contributed by atoms with Crippen molar-refractivity contribution in [3.63, 3.8) is 0 Å². The zero-order valence-corrected chi connectivity index (χ0v) is 8.84. The summed E-state index contributed by atoms with van der Waals surface area (Å²) in [5.41, 5.74) is 12.4. The number of fused-ring (bicyclic) bond motifs is 3. The molecule has 0 aliphatic rings. The lowest BCUT2D eigenvalue weighted by Gasteiger charge is -2.00. The number of nitrogen functional groups attached to an aromatic ring is 2. The molecule has 1 aromatic heterocycles. The third-order valence-electron chi connectivity index (χ3n) is 2.56. The highest BCUT2D eigenvalue weighted by molar-refractivity contribution is 7.22. The van der Waals surface area contributed by atoms with Crippen molar-refractivity contribution in [1.82, 2.24) is 0 Å². The molecule has 0 aliphatic heterocycles. The Balaban J connectivity index is 2.56. The number of hydrogen-bond acceptors (Lipinski definition) is 3. The fourth-order valence-corrected chi connectivity index (χ4v) is 2.72. The maximum absolute atomic E-state index is 5.81. The third-order valence-corrected chi connectivity index (χ3v) is 3.49. The van der Waals surface area contributed by atoms with Crippen LogP contribution in [0, 0.1) is 0 Å². The third kappa shape index (κ3) is 1.24. The van der Waals surface area contributed by atoms with Gasteiger partial charge in [-0.1, -0.05) is 12.1 Å². The van der Waals surface area contributed by atoms with E-state index in [1.54, 1.807) is 11.3 Å². The molecule has 4 N–H and O–H groups in total. The Bertz CT molecular complexity index is 655. The Morgan fingerprint density at radius 3 is 2.53 bits per heavy atom. The predicted octanol–water partition coefficient (Wildman–Crippen LogP) is 3.22. The lowest BCUT2D eigenvalue weighted by molar-refractivity contribution is 1.77. The molecule has 3 heteroatoms. The van der Waals surface area contributed by atoms with E-state index in [2.05, 4.69) is 12.1 Å². The van der Waals surface area contributed by atoms with Crippen molar-refractivity contribution in [2.24, 2.45) is 0 Å². The van der Waals surface area contributed by atoms with E-state index in [0.29, 0.717) is 0 Å². The number of benzene rings is 2. The van der Waals surface area contributed by atoms with Gasteiger partial charge in [0.05, 0.1) is 5.00 Å². The molecule has 3 aromatic rings. The highest BCUT2D eigenvalue weighted by Crippen LogP contribution is 2.33. The van der Waals surface area contributed by atoms with Crippen LogP contribution in [0.1, 0.15) is 0 Å². The van der Waals surface area contributed by atoms with Gasteiger partial charge < -0.3 is 11.5 Å². The van der Waals surface area contributed by atoms with Crippen molar-refractivity contribution in [1.29, 1.82) is 0 Å². The van der Waals surface area contributed by atoms with Crippen molar-refractivity contribution in [2.75, 3.05) is 11.5 Å². The Morgan fingerprint density at radius 2 is 1.67 bits per heavy atom. The van der Waals surface area contributed by atoms with Gasteiger partial charge in [-0.05, 0) is 35.0 Å². The van der Waals surface area contributed by atoms with Gasteiger partial charge in [-0.2, -0.15) is 0 Å². The van der Waals surface area contributed by atoms with Crippen LogP contribution in [0.4, 0.5) is 10.7 Å². The van der Waals surface area contributed by atoms with Crippen LogP contribution in [-0.2, 0) is 0 Å². The van der Waals surface area contributed by atoms with Crippen molar-refractivity contribution in [3.05, 3.63) is 36.4 Å². The van der Waals surface area contributed by atoms with E-state index < -0.39 is 0 Å². The summed E-state index contributed by atoms with van der Waals surface area (Å²) < 4.78 is 1.21. The molecule has 2 aromatic carbocycles. The summed E-state index contributed by atoms with van der Waals surface area (Å²) in [6.45, 7) is 0. The lowest BCUT2D eigenvalue weighted by Crippen LogP contribution is -1.83. The molecular weight excluding hydrogens is 204 g/mol. The Labute approximate surface area is 91.1 Å². The molecule has 74 valence electrons. The minimum atomic E-state index is 0.791. The quantitative estimate of drug-likeness (QED) is 0.564. The Kier molecular flexibility index (Phi) is 1.64. The second-order valence-electron chi connectivity index (χ2n) is 3.61. The second-order valence-corrected chi connectivity index (χ2v) is 4.72. The fraction of sp³-hybridized carbons (Fsp3) is 0. The van der Waals surface area contributed by atoms with E-state index in [1.165, 1.54) is 20.9 Å². The van der Waals surface area contributed by atoms with Crippen molar-refractivity contribution >= 4 is 42.9 Å². The number of anilines is 2. The molecular formula is C12H10N2S. The number of thiophene rings is 1. The number of hydrogen-bond donors (Lipinski definition) is 2. The average molecular weight is 214 g/mol. The van der Waals surface area contributed by atoms with Gasteiger partial charge in [0.1, 0.15) is 0 Å². The summed E-state index contributed by atoms with van der Waals surface area (Å²) in [7, 11) is 0. The molecule has 0 spiro atoms. The molecule has 0 bridgehead atoms. The van der Waals surface area contributed by atoms with E-state index in [4.69, 9.17) is 11.5 Å². The average Bonchev–Trinajstić information content (AvgIpc) is 2.58. The van der Waals surface area contributed by atoms with Gasteiger partial charge in [-0.15, -0.1) is 11.3 Å². The molecule has 0 atom stereocenters. The largest absolute Gasteiger partial charge is 0.399 e. The summed E-state index contributed by atoms with van der Waals surface area (Å²) in [5, 5.41) is 4.43. The van der Waals surface area contributed by atoms with Crippen LogP contribution in [0.5, 0.6) is 0 Å². The number of rotatable bonds is 0. The fourth-order valence-electron chi connectivity index (χ4n) is 1.88. The summed E-state index contributed by atoms with van der Waals surface area (Å²) in [6.07, 6.45) is 0. The molecule has 2 nitrogen and oxygen atoms in total. The van der Waals surface area contributed by atoms with Crippen LogP contribution in [0.25, 0.3) is 20.9 Å². The molecule has 0 radical (unpaired) electrons. The van der Waals surface area contributed by atoms with E-state index >= 15 is 0 Å². The first-order valence-electron chi connectivity index (χ1n) is 4.71. The highest BCUT2D eigenvalue weighted by atomic mass is 32.1. The smallest absolute Gasteiger partial charge is 0.0869 e. The van der Waals surface area contributed by atoms with Crippen molar-refractivity contribution < 1.29 is 0 Å². The summed E-state index contributed by atoms with van der Waals surface area (Å²) in [5.74, 6) is 0. The van der Waals surface area contributed by atoms with Gasteiger partial charge in [-0.3, -0.25) is 0 Å². The molecule has 0 aliphatic carbocycles. The Morgan fingerprint density at radius 1 is 0.867 bits per heavy atom. The van der Waals surface area contributed by atoms with E-state index in [-0.39, 0.29) is 0 Å². The first-order chi connectivity index (χ1) is 7.24. The van der Waals surface area contributed by atoms with Gasteiger partial charge in [0.25, 0.3) is 0 Å². The molecule has 1 heterocycles. The van der Waals surface area contributed by atoms with Crippen molar-refractivity contribution in [2.45, 2.75) is 0 Å². The van der Waals surface area contributed by atoms with Crippen molar-refractivity contribution in [3.8, 4) is 0 Å². The van der Waals surface area contributed by atoms with Gasteiger partial charge in [0.2, 0.25) is 0 Å². The minimum absolute atomic E-state index is 0.791. The van der Waals surface area contributed by atoms with Crippen LogP contribution in [0.2, 0.25) is 0 Å². The molecule has 3 rings (SSSR count). The van der Waals surface area contributed by atoms with Gasteiger partial charge >= 0.3 is 0 Å². The normalized spacial score (nSPS) is 11.2. The van der Waals surface area contributed by atoms with Gasteiger partial charge in [-0.25, -0.2) is 0 Å². The van der Waals surface area contributed by atoms with Gasteiger partial charge in [0, 0.05) is 15.8 Å². The van der Waals surface area contributed by atoms with E-state index in [0.717, 1.165) is 10.7 Å². The maximum atomic E-state index is 5.81. The predicted molar refractivity (Wildman–Crippen MR) is 68.2 cm³/mol. The summed E-state index contributed by atoms with van der Waals surface area (Å²) in [4.78, 5) is 0. The zero-order chi connectivity index (χ0) is 10.4. The topological polar surface area (TPSA) is 52.0 Å². The molecule has 0 unspecified atom stereocenters. The minimum Gasteiger partial charge on any atom is -0.399 e. The van der Waals surface area contributed by atoms with Gasteiger partial charge in [0.15, 0.2) is 0 Å². The second kappa shape index (κ2) is 2.87. The first-order valence-corrected chi connectivity index (χ1v) is 5.53. The standard InChI is InChI=1S/C12H10N2S/c13-8-3-1-7-2-4-11-10(9(7)5-8)6-12(14)15-11/h1-6H,13-14H2. The molecule has 0 amide bonds. The lowest BCUT2D eigenvalue weighted by atomic mass is 10.1. The monoisotopic (exact) mass is 214 g/mol. The first kappa shape index (κ1) is 8.56. The summed E-state index contributed by atoms with van der Waals surface area (Å²) >= 11 is 1.61. The number of nitrogens with two attached hydrogens (primary N) is 2. The molecule has 0 fully saturated rings. The van der Waals surface area contributed by atoms with Crippen LogP contribution < -0.4 is 11.5 Å². The van der Waals surface area contributed by atoms with E-state index in [1.807, 2.05) is 24.3 Å². The Hall–Kier alpha value is -1.74. The molecule has 0 saturated heterocycles. The summed E-state index contributed by atoms with van der Waals surface area (Å²) in [6, 6.07) is 12.2. The van der Waals surface area contributed by atoms with Crippen LogP contribution in [0.3, 0.4) is 0 Å². The van der Waals surface area contributed by atoms with Crippen LogP contribution in [0.15, 0.2) is 36.4 Å².